The van der Waals surface area contributed by atoms with E-state index >= 15 is 0 Å². The first kappa shape index (κ1) is 17.8. The molecule has 0 radical (unpaired) electrons. The van der Waals surface area contributed by atoms with Crippen molar-refractivity contribution in [3.63, 3.8) is 0 Å². The van der Waals surface area contributed by atoms with Crippen LogP contribution in [0.1, 0.15) is 25.7 Å². The third-order valence-corrected chi connectivity index (χ3v) is 5.64. The van der Waals surface area contributed by atoms with E-state index in [1.165, 1.54) is 12.8 Å². The summed E-state index contributed by atoms with van der Waals surface area (Å²) in [4.78, 5) is 27.6. The van der Waals surface area contributed by atoms with Gasteiger partial charge in [-0.25, -0.2) is 14.8 Å². The maximum absolute atomic E-state index is 12.5. The number of benzene rings is 1. The normalized spacial score (nSPS) is 18.1. The summed E-state index contributed by atoms with van der Waals surface area (Å²) in [6.07, 6.45) is 6.33. The third kappa shape index (κ3) is 3.77. The summed E-state index contributed by atoms with van der Waals surface area (Å²) < 4.78 is 0. The second-order valence-corrected chi connectivity index (χ2v) is 7.70. The fraction of sp³-hybridized carbons (Fsp3) is 0.550. The molecule has 27 heavy (non-hydrogen) atoms. The highest BCUT2D eigenvalue weighted by Crippen LogP contribution is 2.27. The van der Waals surface area contributed by atoms with Gasteiger partial charge in [-0.15, -0.1) is 0 Å². The van der Waals surface area contributed by atoms with Gasteiger partial charge in [0.2, 0.25) is 0 Å². The molecule has 1 saturated carbocycles. The minimum Gasteiger partial charge on any atom is -0.368 e. The van der Waals surface area contributed by atoms with E-state index in [-0.39, 0.29) is 6.03 Å². The molecule has 7 nitrogen and oxygen atoms in total. The number of nitrogens with zero attached hydrogens (tertiary/aromatic N) is 5. The van der Waals surface area contributed by atoms with Crippen molar-refractivity contribution in [2.24, 2.45) is 0 Å². The summed E-state index contributed by atoms with van der Waals surface area (Å²) in [6.45, 7) is 3.19. The number of amides is 2. The Morgan fingerprint density at radius 1 is 1.11 bits per heavy atom. The SMILES string of the molecule is CN(C)c1ncnc2ccc(N3CCN(C(=O)NC4CCCC4)CC3)cc12. The predicted molar refractivity (Wildman–Crippen MR) is 108 cm³/mol. The molecule has 1 aliphatic carbocycles. The average molecular weight is 368 g/mol. The lowest BCUT2D eigenvalue weighted by Gasteiger charge is -2.36. The van der Waals surface area contributed by atoms with Gasteiger partial charge in [0.25, 0.3) is 0 Å². The molecule has 144 valence electrons. The number of carbonyl (C=O) groups is 1. The molecular formula is C20H28N6O. The molecule has 2 aliphatic rings. The molecule has 1 N–H and O–H groups in total. The molecule has 0 bridgehead atoms. The lowest BCUT2D eigenvalue weighted by Crippen LogP contribution is -2.53. The molecule has 1 saturated heterocycles. The van der Waals surface area contributed by atoms with E-state index in [9.17, 15) is 4.79 Å². The molecule has 0 atom stereocenters. The lowest BCUT2D eigenvalue weighted by molar-refractivity contribution is 0.190. The lowest BCUT2D eigenvalue weighted by atomic mass is 10.1. The molecule has 0 unspecified atom stereocenters. The number of urea groups is 1. The average Bonchev–Trinajstić information content (AvgIpc) is 3.20. The largest absolute Gasteiger partial charge is 0.368 e. The van der Waals surface area contributed by atoms with Crippen molar-refractivity contribution in [3.05, 3.63) is 24.5 Å². The first-order valence-corrected chi connectivity index (χ1v) is 9.84. The zero-order valence-corrected chi connectivity index (χ0v) is 16.2. The molecule has 0 spiro atoms. The van der Waals surface area contributed by atoms with E-state index in [1.54, 1.807) is 6.33 Å². The van der Waals surface area contributed by atoms with Gasteiger partial charge in [0.1, 0.15) is 12.1 Å². The second kappa shape index (κ2) is 7.58. The molecule has 1 aromatic carbocycles. The Labute approximate surface area is 160 Å². The van der Waals surface area contributed by atoms with Crippen LogP contribution in [0.3, 0.4) is 0 Å². The number of anilines is 2. The standard InChI is InChI=1S/C20H28N6O/c1-24(2)19-17-13-16(7-8-18(17)21-14-22-19)25-9-11-26(12-10-25)20(27)23-15-5-3-4-6-15/h7-8,13-15H,3-6,9-12H2,1-2H3,(H,23,27). The van der Waals surface area contributed by atoms with Crippen LogP contribution in [0.25, 0.3) is 10.9 Å². The monoisotopic (exact) mass is 368 g/mol. The summed E-state index contributed by atoms with van der Waals surface area (Å²) in [5.41, 5.74) is 2.11. The quantitative estimate of drug-likeness (QED) is 0.902. The summed E-state index contributed by atoms with van der Waals surface area (Å²) in [7, 11) is 3.99. The van der Waals surface area contributed by atoms with E-state index in [0.717, 1.165) is 61.4 Å². The summed E-state index contributed by atoms with van der Waals surface area (Å²) in [6, 6.07) is 6.81. The van der Waals surface area contributed by atoms with E-state index in [1.807, 2.05) is 23.9 Å². The van der Waals surface area contributed by atoms with E-state index < -0.39 is 0 Å². The first-order valence-electron chi connectivity index (χ1n) is 9.84. The molecule has 1 aliphatic heterocycles. The number of nitrogens with one attached hydrogen (secondary N) is 1. The maximum atomic E-state index is 12.5. The number of fused-ring (bicyclic) bond motifs is 1. The van der Waals surface area contributed by atoms with Crippen molar-refractivity contribution in [2.45, 2.75) is 31.7 Å². The molecule has 2 fully saturated rings. The van der Waals surface area contributed by atoms with E-state index in [0.29, 0.717) is 6.04 Å². The summed E-state index contributed by atoms with van der Waals surface area (Å²) in [5, 5.41) is 4.25. The van der Waals surface area contributed by atoms with E-state index in [4.69, 9.17) is 0 Å². The number of piperazine rings is 1. The van der Waals surface area contributed by atoms with Crippen LogP contribution in [-0.4, -0.2) is 67.2 Å². The smallest absolute Gasteiger partial charge is 0.317 e. The molecule has 2 aromatic rings. The molecular weight excluding hydrogens is 340 g/mol. The minimum absolute atomic E-state index is 0.100. The fourth-order valence-electron chi connectivity index (χ4n) is 4.09. The van der Waals surface area contributed by atoms with Crippen LogP contribution >= 0.6 is 0 Å². The van der Waals surface area contributed by atoms with Crippen LogP contribution in [0.4, 0.5) is 16.3 Å². The van der Waals surface area contributed by atoms with Gasteiger partial charge in [-0.05, 0) is 31.0 Å². The van der Waals surface area contributed by atoms with Crippen LogP contribution < -0.4 is 15.1 Å². The van der Waals surface area contributed by atoms with Gasteiger partial charge in [0.15, 0.2) is 0 Å². The minimum atomic E-state index is 0.100. The van der Waals surface area contributed by atoms with Gasteiger partial charge in [0, 0.05) is 57.4 Å². The van der Waals surface area contributed by atoms with Crippen molar-refractivity contribution in [2.75, 3.05) is 50.1 Å². The maximum Gasteiger partial charge on any atom is 0.317 e. The Hall–Kier alpha value is -2.57. The van der Waals surface area contributed by atoms with Gasteiger partial charge < -0.3 is 20.0 Å². The summed E-state index contributed by atoms with van der Waals surface area (Å²) in [5.74, 6) is 0.927. The van der Waals surface area contributed by atoms with Crippen LogP contribution in [0.15, 0.2) is 24.5 Å². The van der Waals surface area contributed by atoms with Crippen LogP contribution in [-0.2, 0) is 0 Å². The molecule has 2 heterocycles. The topological polar surface area (TPSA) is 64.6 Å². The summed E-state index contributed by atoms with van der Waals surface area (Å²) >= 11 is 0. The highest BCUT2D eigenvalue weighted by Gasteiger charge is 2.24. The molecule has 4 rings (SSSR count). The van der Waals surface area contributed by atoms with Gasteiger partial charge in [-0.1, -0.05) is 12.8 Å². The molecule has 7 heteroatoms. The van der Waals surface area contributed by atoms with Crippen molar-refractivity contribution >= 4 is 28.4 Å². The number of carbonyl (C=O) groups excluding carboxylic acids is 1. The van der Waals surface area contributed by atoms with E-state index in [2.05, 4.69) is 38.4 Å². The Morgan fingerprint density at radius 3 is 2.56 bits per heavy atom. The number of aromatic nitrogens is 2. The van der Waals surface area contributed by atoms with Gasteiger partial charge in [0.05, 0.1) is 5.52 Å². The van der Waals surface area contributed by atoms with Crippen molar-refractivity contribution < 1.29 is 4.79 Å². The third-order valence-electron chi connectivity index (χ3n) is 5.64. The van der Waals surface area contributed by atoms with Gasteiger partial charge in [-0.3, -0.25) is 0 Å². The zero-order chi connectivity index (χ0) is 18.8. The Morgan fingerprint density at radius 2 is 1.85 bits per heavy atom. The second-order valence-electron chi connectivity index (χ2n) is 7.70. The van der Waals surface area contributed by atoms with Crippen molar-refractivity contribution in [1.29, 1.82) is 0 Å². The highest BCUT2D eigenvalue weighted by atomic mass is 16.2. The molecule has 1 aromatic heterocycles. The Bertz CT molecular complexity index is 809. The van der Waals surface area contributed by atoms with Crippen LogP contribution in [0.2, 0.25) is 0 Å². The fourth-order valence-corrected chi connectivity index (χ4v) is 4.09. The number of hydrogen-bond acceptors (Lipinski definition) is 5. The predicted octanol–water partition coefficient (Wildman–Crippen LogP) is 2.47. The van der Waals surface area contributed by atoms with Crippen molar-refractivity contribution in [1.82, 2.24) is 20.2 Å². The Kier molecular flexibility index (Phi) is 5.01. The van der Waals surface area contributed by atoms with Gasteiger partial charge >= 0.3 is 6.03 Å². The number of rotatable bonds is 3. The van der Waals surface area contributed by atoms with Crippen LogP contribution in [0, 0.1) is 0 Å². The Balaban J connectivity index is 1.43. The highest BCUT2D eigenvalue weighted by molar-refractivity contribution is 5.91. The number of hydrogen-bond donors (Lipinski definition) is 1. The van der Waals surface area contributed by atoms with Gasteiger partial charge in [-0.2, -0.15) is 0 Å². The molecule has 2 amide bonds. The van der Waals surface area contributed by atoms with Crippen molar-refractivity contribution in [3.8, 4) is 0 Å². The first-order chi connectivity index (χ1) is 13.1. The zero-order valence-electron chi connectivity index (χ0n) is 16.2. The van der Waals surface area contributed by atoms with Crippen LogP contribution in [0.5, 0.6) is 0 Å².